The highest BCUT2D eigenvalue weighted by atomic mass is 16.5. The zero-order chi connectivity index (χ0) is 19.8. The van der Waals surface area contributed by atoms with E-state index in [2.05, 4.69) is 34.5 Å². The van der Waals surface area contributed by atoms with Gasteiger partial charge in [0.2, 0.25) is 5.95 Å². The molecule has 1 aliphatic carbocycles. The maximum atomic E-state index is 12.9. The standard InChI is InChI=1S/C23H22N4O2/c1-15-7-2-3-8-16(15)13-29-20-12-5-4-9-17(20)22-21-18(10-6-11-19(21)28)26-23-24-14-25-27(22)23/h2-5,7-9,12,14,22H,6,10-11,13H2,1H3,(H,24,25,26). The molecule has 3 aromatic rings. The molecule has 0 saturated carbocycles. The van der Waals surface area contributed by atoms with Crippen molar-refractivity contribution in [1.29, 1.82) is 0 Å². The lowest BCUT2D eigenvalue weighted by Crippen LogP contribution is -2.31. The number of ketones is 1. The molecule has 6 heteroatoms. The first-order valence-corrected chi connectivity index (χ1v) is 9.91. The summed E-state index contributed by atoms with van der Waals surface area (Å²) < 4.78 is 8.04. The number of rotatable bonds is 4. The van der Waals surface area contributed by atoms with Crippen LogP contribution in [0.3, 0.4) is 0 Å². The molecule has 0 amide bonds. The average Bonchev–Trinajstić information content (AvgIpc) is 3.20. The molecule has 0 radical (unpaired) electrons. The van der Waals surface area contributed by atoms with Crippen LogP contribution in [0.15, 0.2) is 66.1 Å². The molecule has 1 N–H and O–H groups in total. The lowest BCUT2D eigenvalue weighted by molar-refractivity contribution is -0.116. The van der Waals surface area contributed by atoms with Gasteiger partial charge in [-0.3, -0.25) is 4.79 Å². The number of fused-ring (bicyclic) bond motifs is 1. The van der Waals surface area contributed by atoms with E-state index in [9.17, 15) is 4.79 Å². The molecule has 2 heterocycles. The number of para-hydroxylation sites is 1. The Morgan fingerprint density at radius 2 is 1.97 bits per heavy atom. The summed E-state index contributed by atoms with van der Waals surface area (Å²) in [6.45, 7) is 2.55. The van der Waals surface area contributed by atoms with Crippen LogP contribution in [-0.4, -0.2) is 20.5 Å². The lowest BCUT2D eigenvalue weighted by Gasteiger charge is -2.32. The molecule has 1 atom stereocenters. The molecule has 0 fully saturated rings. The second-order valence-corrected chi connectivity index (χ2v) is 7.48. The van der Waals surface area contributed by atoms with Gasteiger partial charge >= 0.3 is 0 Å². The Morgan fingerprint density at radius 3 is 2.86 bits per heavy atom. The molecule has 2 aliphatic rings. The molecular formula is C23H22N4O2. The number of benzene rings is 2. The number of nitrogens with zero attached hydrogens (tertiary/aromatic N) is 3. The highest BCUT2D eigenvalue weighted by molar-refractivity contribution is 5.99. The third kappa shape index (κ3) is 3.10. The number of allylic oxidation sites excluding steroid dienone is 2. The van der Waals surface area contributed by atoms with Gasteiger partial charge < -0.3 is 10.1 Å². The molecule has 5 rings (SSSR count). The third-order valence-electron chi connectivity index (χ3n) is 5.67. The minimum atomic E-state index is -0.329. The van der Waals surface area contributed by atoms with Gasteiger partial charge in [0.05, 0.1) is 0 Å². The van der Waals surface area contributed by atoms with Crippen LogP contribution < -0.4 is 10.1 Å². The quantitative estimate of drug-likeness (QED) is 0.728. The molecular weight excluding hydrogens is 364 g/mol. The number of anilines is 1. The van der Waals surface area contributed by atoms with Crippen molar-refractivity contribution in [2.75, 3.05) is 5.32 Å². The van der Waals surface area contributed by atoms with Gasteiger partial charge in [0, 0.05) is 23.3 Å². The van der Waals surface area contributed by atoms with Crippen LogP contribution in [0.4, 0.5) is 5.95 Å². The van der Waals surface area contributed by atoms with E-state index in [4.69, 9.17) is 4.74 Å². The van der Waals surface area contributed by atoms with Gasteiger partial charge in [-0.2, -0.15) is 10.1 Å². The summed E-state index contributed by atoms with van der Waals surface area (Å²) in [6.07, 6.45) is 3.79. The fourth-order valence-corrected chi connectivity index (χ4v) is 4.15. The topological polar surface area (TPSA) is 69.0 Å². The lowest BCUT2D eigenvalue weighted by atomic mass is 9.85. The number of nitrogens with one attached hydrogen (secondary N) is 1. The van der Waals surface area contributed by atoms with Crippen molar-refractivity contribution in [3.8, 4) is 5.75 Å². The van der Waals surface area contributed by atoms with Crippen LogP contribution >= 0.6 is 0 Å². The van der Waals surface area contributed by atoms with Crippen molar-refractivity contribution in [3.63, 3.8) is 0 Å². The Labute approximate surface area is 169 Å². The molecule has 0 bridgehead atoms. The Hall–Kier alpha value is -3.41. The highest BCUT2D eigenvalue weighted by Gasteiger charge is 2.37. The van der Waals surface area contributed by atoms with E-state index in [0.717, 1.165) is 41.0 Å². The smallest absolute Gasteiger partial charge is 0.226 e. The van der Waals surface area contributed by atoms with Crippen LogP contribution in [-0.2, 0) is 11.4 Å². The fourth-order valence-electron chi connectivity index (χ4n) is 4.15. The second kappa shape index (κ2) is 7.20. The molecule has 1 aromatic heterocycles. The molecule has 2 aromatic carbocycles. The number of hydrogen-bond donors (Lipinski definition) is 1. The average molecular weight is 386 g/mol. The van der Waals surface area contributed by atoms with Crippen molar-refractivity contribution < 1.29 is 9.53 Å². The molecule has 1 aliphatic heterocycles. The SMILES string of the molecule is Cc1ccccc1COc1ccccc1C1C2=C(CCCC2=O)Nc2ncnn21. The van der Waals surface area contributed by atoms with Gasteiger partial charge in [0.1, 0.15) is 24.7 Å². The van der Waals surface area contributed by atoms with Gasteiger partial charge in [0.15, 0.2) is 5.78 Å². The van der Waals surface area contributed by atoms with Crippen LogP contribution in [0.2, 0.25) is 0 Å². The summed E-state index contributed by atoms with van der Waals surface area (Å²) in [5.74, 6) is 1.59. The van der Waals surface area contributed by atoms with Crippen LogP contribution in [0.1, 0.15) is 42.0 Å². The molecule has 0 spiro atoms. The number of aromatic nitrogens is 3. The molecule has 146 valence electrons. The Balaban J connectivity index is 1.56. The third-order valence-corrected chi connectivity index (χ3v) is 5.67. The number of aryl methyl sites for hydroxylation is 1. The molecule has 29 heavy (non-hydrogen) atoms. The normalized spacial score (nSPS) is 18.1. The number of carbonyl (C=O) groups is 1. The number of ether oxygens (including phenoxy) is 1. The minimum Gasteiger partial charge on any atom is -0.489 e. The van der Waals surface area contributed by atoms with E-state index in [-0.39, 0.29) is 11.8 Å². The molecule has 1 unspecified atom stereocenters. The maximum absolute atomic E-state index is 12.9. The first kappa shape index (κ1) is 17.7. The Bertz CT molecular complexity index is 1120. The maximum Gasteiger partial charge on any atom is 0.226 e. The number of carbonyl (C=O) groups excluding carboxylic acids is 1. The summed E-state index contributed by atoms with van der Waals surface area (Å²) >= 11 is 0. The van der Waals surface area contributed by atoms with Crippen LogP contribution in [0.5, 0.6) is 5.75 Å². The fraction of sp³-hybridized carbons (Fsp3) is 0.261. The summed E-state index contributed by atoms with van der Waals surface area (Å²) in [4.78, 5) is 17.2. The van der Waals surface area contributed by atoms with Crippen molar-refractivity contribution in [3.05, 3.63) is 82.8 Å². The van der Waals surface area contributed by atoms with Crippen molar-refractivity contribution in [1.82, 2.24) is 14.8 Å². The zero-order valence-electron chi connectivity index (χ0n) is 16.3. The van der Waals surface area contributed by atoms with Crippen molar-refractivity contribution in [2.24, 2.45) is 0 Å². The van der Waals surface area contributed by atoms with E-state index >= 15 is 0 Å². The van der Waals surface area contributed by atoms with Gasteiger partial charge in [-0.1, -0.05) is 42.5 Å². The van der Waals surface area contributed by atoms with Crippen molar-refractivity contribution in [2.45, 2.75) is 38.8 Å². The van der Waals surface area contributed by atoms with E-state index in [1.807, 2.05) is 36.4 Å². The van der Waals surface area contributed by atoms with Gasteiger partial charge in [-0.05, 0) is 37.0 Å². The summed E-state index contributed by atoms with van der Waals surface area (Å²) in [5.41, 5.74) is 5.00. The van der Waals surface area contributed by atoms with Gasteiger partial charge in [0.25, 0.3) is 0 Å². The van der Waals surface area contributed by atoms with E-state index in [1.54, 1.807) is 4.68 Å². The monoisotopic (exact) mass is 386 g/mol. The first-order chi connectivity index (χ1) is 14.2. The predicted octanol–water partition coefficient (Wildman–Crippen LogP) is 4.19. The first-order valence-electron chi connectivity index (χ1n) is 9.91. The highest BCUT2D eigenvalue weighted by Crippen LogP contribution is 2.42. The van der Waals surface area contributed by atoms with E-state index < -0.39 is 0 Å². The summed E-state index contributed by atoms with van der Waals surface area (Å²) in [5, 5.41) is 7.72. The van der Waals surface area contributed by atoms with Gasteiger partial charge in [-0.15, -0.1) is 0 Å². The van der Waals surface area contributed by atoms with Crippen LogP contribution in [0, 0.1) is 6.92 Å². The minimum absolute atomic E-state index is 0.165. The van der Waals surface area contributed by atoms with Crippen molar-refractivity contribution >= 4 is 11.7 Å². The summed E-state index contributed by atoms with van der Waals surface area (Å²) in [7, 11) is 0. The Morgan fingerprint density at radius 1 is 1.14 bits per heavy atom. The van der Waals surface area contributed by atoms with Crippen LogP contribution in [0.25, 0.3) is 0 Å². The summed E-state index contributed by atoms with van der Waals surface area (Å²) in [6, 6.07) is 15.8. The largest absolute Gasteiger partial charge is 0.489 e. The Kier molecular flexibility index (Phi) is 4.39. The number of hydrogen-bond acceptors (Lipinski definition) is 5. The molecule has 0 saturated heterocycles. The second-order valence-electron chi connectivity index (χ2n) is 7.48. The molecule has 6 nitrogen and oxygen atoms in total. The van der Waals surface area contributed by atoms with Gasteiger partial charge in [-0.25, -0.2) is 4.68 Å². The number of Topliss-reactive ketones (excluding diaryl/α,β-unsaturated/α-hetero) is 1. The van der Waals surface area contributed by atoms with E-state index in [1.165, 1.54) is 11.9 Å². The van der Waals surface area contributed by atoms with E-state index in [0.29, 0.717) is 19.0 Å². The zero-order valence-corrected chi connectivity index (χ0v) is 16.3. The predicted molar refractivity (Wildman–Crippen MR) is 110 cm³/mol.